The van der Waals surface area contributed by atoms with E-state index in [-0.39, 0.29) is 17.4 Å². The fraction of sp³-hybridized carbons (Fsp3) is 0.440. The van der Waals surface area contributed by atoms with Crippen LogP contribution in [-0.2, 0) is 22.6 Å². The van der Waals surface area contributed by atoms with E-state index in [1.165, 1.54) is 0 Å². The molecule has 0 saturated carbocycles. The zero-order valence-electron chi connectivity index (χ0n) is 18.8. The van der Waals surface area contributed by atoms with E-state index in [9.17, 15) is 9.59 Å². The zero-order chi connectivity index (χ0) is 22.1. The standard InChI is InChI=1S/C25H34N2O3/c1-6-22(24(29)26-25(2,3)4)27(18-20-12-15-21(30-5)16-13-20)23(28)17-14-19-10-8-7-9-11-19/h7-13,15-16,22H,6,14,17-18H2,1-5H3,(H,26,29)/t22-/m1/s1. The predicted octanol–water partition coefficient (Wildman–Crippen LogP) is 4.35. The van der Waals surface area contributed by atoms with Gasteiger partial charge in [0, 0.05) is 18.5 Å². The smallest absolute Gasteiger partial charge is 0.243 e. The van der Waals surface area contributed by atoms with Gasteiger partial charge in [-0.15, -0.1) is 0 Å². The molecule has 0 heterocycles. The van der Waals surface area contributed by atoms with Crippen molar-refractivity contribution in [2.75, 3.05) is 7.11 Å². The quantitative estimate of drug-likeness (QED) is 0.669. The van der Waals surface area contributed by atoms with E-state index >= 15 is 0 Å². The van der Waals surface area contributed by atoms with E-state index in [1.54, 1.807) is 12.0 Å². The molecule has 5 heteroatoms. The van der Waals surface area contributed by atoms with Crippen molar-refractivity contribution in [1.82, 2.24) is 10.2 Å². The number of rotatable bonds is 9. The molecular weight excluding hydrogens is 376 g/mol. The molecule has 30 heavy (non-hydrogen) atoms. The van der Waals surface area contributed by atoms with Gasteiger partial charge >= 0.3 is 0 Å². The van der Waals surface area contributed by atoms with Crippen molar-refractivity contribution < 1.29 is 14.3 Å². The summed E-state index contributed by atoms with van der Waals surface area (Å²) < 4.78 is 5.23. The topological polar surface area (TPSA) is 58.6 Å². The molecule has 2 amide bonds. The molecule has 5 nitrogen and oxygen atoms in total. The van der Waals surface area contributed by atoms with Crippen LogP contribution in [0, 0.1) is 0 Å². The van der Waals surface area contributed by atoms with Crippen molar-refractivity contribution in [3.63, 3.8) is 0 Å². The highest BCUT2D eigenvalue weighted by atomic mass is 16.5. The van der Waals surface area contributed by atoms with Crippen LogP contribution in [0.4, 0.5) is 0 Å². The summed E-state index contributed by atoms with van der Waals surface area (Å²) in [6.07, 6.45) is 1.56. The summed E-state index contributed by atoms with van der Waals surface area (Å²) in [5.74, 6) is 0.621. The van der Waals surface area contributed by atoms with Crippen LogP contribution in [0.25, 0.3) is 0 Å². The van der Waals surface area contributed by atoms with E-state index in [0.717, 1.165) is 16.9 Å². The van der Waals surface area contributed by atoms with Gasteiger partial charge in [0.25, 0.3) is 0 Å². The Hall–Kier alpha value is -2.82. The minimum Gasteiger partial charge on any atom is -0.497 e. The molecule has 0 unspecified atom stereocenters. The second kappa shape index (κ2) is 10.8. The summed E-state index contributed by atoms with van der Waals surface area (Å²) in [5, 5.41) is 3.03. The molecule has 0 fully saturated rings. The van der Waals surface area contributed by atoms with Crippen LogP contribution in [0.15, 0.2) is 54.6 Å². The average Bonchev–Trinajstić information content (AvgIpc) is 2.71. The SMILES string of the molecule is CC[C@H](C(=O)NC(C)(C)C)N(Cc1ccc(OC)cc1)C(=O)CCc1ccccc1. The van der Waals surface area contributed by atoms with E-state index in [0.29, 0.717) is 25.8 Å². The first-order valence-electron chi connectivity index (χ1n) is 10.5. The number of carbonyl (C=O) groups is 2. The van der Waals surface area contributed by atoms with Crippen LogP contribution in [0.1, 0.15) is 51.7 Å². The second-order valence-corrected chi connectivity index (χ2v) is 8.52. The molecule has 0 radical (unpaired) electrons. The normalized spacial score (nSPS) is 12.2. The van der Waals surface area contributed by atoms with Crippen LogP contribution >= 0.6 is 0 Å². The third kappa shape index (κ3) is 7.21. The molecule has 162 valence electrons. The second-order valence-electron chi connectivity index (χ2n) is 8.52. The largest absolute Gasteiger partial charge is 0.497 e. The zero-order valence-corrected chi connectivity index (χ0v) is 18.8. The Morgan fingerprint density at radius 3 is 2.17 bits per heavy atom. The molecule has 0 saturated heterocycles. The lowest BCUT2D eigenvalue weighted by atomic mass is 10.0. The van der Waals surface area contributed by atoms with Crippen molar-refractivity contribution in [2.45, 2.75) is 65.1 Å². The first kappa shape index (κ1) is 23.5. The van der Waals surface area contributed by atoms with Gasteiger partial charge in [0.05, 0.1) is 7.11 Å². The molecule has 0 aliphatic carbocycles. The van der Waals surface area contributed by atoms with Crippen molar-refractivity contribution in [3.8, 4) is 5.75 Å². The molecule has 0 aliphatic heterocycles. The van der Waals surface area contributed by atoms with Gasteiger partial charge in [-0.1, -0.05) is 49.4 Å². The number of nitrogens with one attached hydrogen (secondary N) is 1. The number of amides is 2. The van der Waals surface area contributed by atoms with Gasteiger partial charge in [-0.2, -0.15) is 0 Å². The van der Waals surface area contributed by atoms with Gasteiger partial charge in [0.2, 0.25) is 11.8 Å². The Kier molecular flexibility index (Phi) is 8.46. The van der Waals surface area contributed by atoms with Gasteiger partial charge in [-0.3, -0.25) is 9.59 Å². The Balaban J connectivity index is 2.22. The Labute approximate surface area is 180 Å². The Morgan fingerprint density at radius 1 is 1.00 bits per heavy atom. The van der Waals surface area contributed by atoms with Gasteiger partial charge in [0.1, 0.15) is 11.8 Å². The summed E-state index contributed by atoms with van der Waals surface area (Å²) in [5.41, 5.74) is 1.72. The molecule has 1 N–H and O–H groups in total. The highest BCUT2D eigenvalue weighted by molar-refractivity contribution is 5.88. The van der Waals surface area contributed by atoms with Crippen LogP contribution in [0.2, 0.25) is 0 Å². The van der Waals surface area contributed by atoms with Gasteiger partial charge in [-0.25, -0.2) is 0 Å². The summed E-state index contributed by atoms with van der Waals surface area (Å²) in [7, 11) is 1.62. The molecule has 1 atom stereocenters. The summed E-state index contributed by atoms with van der Waals surface area (Å²) in [6.45, 7) is 8.17. The molecule has 0 spiro atoms. The number of aryl methyl sites for hydroxylation is 1. The van der Waals surface area contributed by atoms with Crippen LogP contribution in [-0.4, -0.2) is 35.4 Å². The minimum absolute atomic E-state index is 0.0226. The molecule has 0 bridgehead atoms. The molecular formula is C25H34N2O3. The summed E-state index contributed by atoms with van der Waals surface area (Å²) in [4.78, 5) is 27.9. The number of methoxy groups -OCH3 is 1. The minimum atomic E-state index is -0.519. The molecule has 2 rings (SSSR count). The Morgan fingerprint density at radius 2 is 1.63 bits per heavy atom. The van der Waals surface area contributed by atoms with Crippen LogP contribution in [0.5, 0.6) is 5.75 Å². The monoisotopic (exact) mass is 410 g/mol. The lowest BCUT2D eigenvalue weighted by Gasteiger charge is -2.33. The molecule has 0 aromatic heterocycles. The Bertz CT molecular complexity index is 811. The number of benzene rings is 2. The average molecular weight is 411 g/mol. The highest BCUT2D eigenvalue weighted by Crippen LogP contribution is 2.18. The summed E-state index contributed by atoms with van der Waals surface area (Å²) >= 11 is 0. The number of hydrogen-bond donors (Lipinski definition) is 1. The van der Waals surface area contributed by atoms with E-state index in [4.69, 9.17) is 4.74 Å². The maximum absolute atomic E-state index is 13.2. The maximum Gasteiger partial charge on any atom is 0.243 e. The molecule has 2 aromatic rings. The first-order chi connectivity index (χ1) is 14.2. The number of hydrogen-bond acceptors (Lipinski definition) is 3. The lowest BCUT2D eigenvalue weighted by molar-refractivity contribution is -0.142. The molecule has 2 aromatic carbocycles. The van der Waals surface area contributed by atoms with E-state index in [1.807, 2.05) is 82.3 Å². The third-order valence-electron chi connectivity index (χ3n) is 4.87. The van der Waals surface area contributed by atoms with E-state index < -0.39 is 6.04 Å². The summed E-state index contributed by atoms with van der Waals surface area (Å²) in [6, 6.07) is 17.0. The number of nitrogens with zero attached hydrogens (tertiary/aromatic N) is 1. The van der Waals surface area contributed by atoms with Crippen LogP contribution < -0.4 is 10.1 Å². The van der Waals surface area contributed by atoms with Gasteiger partial charge in [0.15, 0.2) is 0 Å². The highest BCUT2D eigenvalue weighted by Gasteiger charge is 2.30. The van der Waals surface area contributed by atoms with Gasteiger partial charge in [-0.05, 0) is 56.9 Å². The fourth-order valence-corrected chi connectivity index (χ4v) is 3.34. The van der Waals surface area contributed by atoms with Crippen molar-refractivity contribution in [1.29, 1.82) is 0 Å². The third-order valence-corrected chi connectivity index (χ3v) is 4.87. The lowest BCUT2D eigenvalue weighted by Crippen LogP contribution is -2.53. The maximum atomic E-state index is 13.2. The van der Waals surface area contributed by atoms with E-state index in [2.05, 4.69) is 5.32 Å². The van der Waals surface area contributed by atoms with Crippen molar-refractivity contribution >= 4 is 11.8 Å². The van der Waals surface area contributed by atoms with Gasteiger partial charge < -0.3 is 15.0 Å². The number of carbonyl (C=O) groups excluding carboxylic acids is 2. The predicted molar refractivity (Wildman–Crippen MR) is 120 cm³/mol. The first-order valence-corrected chi connectivity index (χ1v) is 10.5. The number of ether oxygens (including phenoxy) is 1. The fourth-order valence-electron chi connectivity index (χ4n) is 3.34. The van der Waals surface area contributed by atoms with Crippen molar-refractivity contribution in [2.24, 2.45) is 0 Å². The van der Waals surface area contributed by atoms with Crippen molar-refractivity contribution in [3.05, 3.63) is 65.7 Å². The molecule has 0 aliphatic rings. The van der Waals surface area contributed by atoms with Crippen LogP contribution in [0.3, 0.4) is 0 Å².